The Morgan fingerprint density at radius 1 is 1.06 bits per heavy atom. The maximum absolute atomic E-state index is 13.0. The Morgan fingerprint density at radius 3 is 2.49 bits per heavy atom. The van der Waals surface area contributed by atoms with Crippen molar-refractivity contribution in [2.24, 2.45) is 0 Å². The number of esters is 1. The number of carbonyl (C=O) groups excluding carboxylic acids is 2. The van der Waals surface area contributed by atoms with Gasteiger partial charge in [0.1, 0.15) is 0 Å². The minimum Gasteiger partial charge on any atom is -0.452 e. The molecule has 2 aromatic heterocycles. The predicted molar refractivity (Wildman–Crippen MR) is 140 cm³/mol. The normalized spacial score (nSPS) is 15.1. The van der Waals surface area contributed by atoms with Gasteiger partial charge in [0.15, 0.2) is 6.61 Å². The number of hydrogen-bond donors (Lipinski definition) is 1. The van der Waals surface area contributed by atoms with E-state index in [1.807, 2.05) is 29.0 Å². The third kappa shape index (κ3) is 6.39. The van der Waals surface area contributed by atoms with Gasteiger partial charge in [0.2, 0.25) is 10.0 Å². The number of nitrogens with one attached hydrogen (secondary N) is 1. The number of sulfonamides is 1. The van der Waals surface area contributed by atoms with Crippen molar-refractivity contribution < 1.29 is 22.7 Å². The largest absolute Gasteiger partial charge is 0.452 e. The van der Waals surface area contributed by atoms with Gasteiger partial charge >= 0.3 is 5.97 Å². The van der Waals surface area contributed by atoms with Crippen molar-refractivity contribution in [2.45, 2.75) is 24.2 Å². The molecule has 11 heteroatoms. The van der Waals surface area contributed by atoms with Crippen LogP contribution in [0.2, 0.25) is 5.02 Å². The zero-order chi connectivity index (χ0) is 24.8. The summed E-state index contributed by atoms with van der Waals surface area (Å²) in [5, 5.41) is 6.49. The van der Waals surface area contributed by atoms with E-state index < -0.39 is 28.5 Å². The van der Waals surface area contributed by atoms with E-state index in [0.717, 1.165) is 29.0 Å². The van der Waals surface area contributed by atoms with Crippen LogP contribution in [0.4, 0.5) is 5.69 Å². The van der Waals surface area contributed by atoms with Crippen molar-refractivity contribution in [3.63, 3.8) is 0 Å². The highest BCUT2D eigenvalue weighted by Gasteiger charge is 2.27. The summed E-state index contributed by atoms with van der Waals surface area (Å²) >= 11 is 9.07. The Morgan fingerprint density at radius 2 is 1.80 bits per heavy atom. The average Bonchev–Trinajstić information content (AvgIpc) is 3.57. The smallest absolute Gasteiger partial charge is 0.340 e. The molecule has 1 N–H and O–H groups in total. The molecule has 1 aliphatic rings. The highest BCUT2D eigenvalue weighted by atomic mass is 35.5. The topological polar surface area (TPSA) is 92.8 Å². The monoisotopic (exact) mass is 550 g/mol. The Labute approximate surface area is 217 Å². The molecule has 3 aromatic rings. The van der Waals surface area contributed by atoms with Crippen molar-refractivity contribution in [3.8, 4) is 0 Å². The maximum atomic E-state index is 13.0. The third-order valence-corrected chi connectivity index (χ3v) is 9.28. The van der Waals surface area contributed by atoms with Crippen molar-refractivity contribution >= 4 is 73.5 Å². The molecule has 1 aliphatic heterocycles. The molecule has 0 aliphatic carbocycles. The van der Waals surface area contributed by atoms with E-state index >= 15 is 0 Å². The second-order valence-electron chi connectivity index (χ2n) is 7.78. The van der Waals surface area contributed by atoms with Gasteiger partial charge in [-0.15, -0.1) is 22.7 Å². The van der Waals surface area contributed by atoms with Gasteiger partial charge in [-0.3, -0.25) is 4.79 Å². The van der Waals surface area contributed by atoms with Crippen LogP contribution in [-0.2, 0) is 24.3 Å². The molecule has 0 spiro atoms. The molecular weight excluding hydrogens is 528 g/mol. The van der Waals surface area contributed by atoms with Crippen LogP contribution in [0.25, 0.3) is 11.6 Å². The first-order valence-corrected chi connectivity index (χ1v) is 14.5. The van der Waals surface area contributed by atoms with Crippen LogP contribution in [0.5, 0.6) is 0 Å². The summed E-state index contributed by atoms with van der Waals surface area (Å²) in [5.74, 6) is -1.27. The van der Waals surface area contributed by atoms with Crippen molar-refractivity contribution in [3.05, 3.63) is 68.0 Å². The lowest BCUT2D eigenvalue weighted by Gasteiger charge is -2.26. The summed E-state index contributed by atoms with van der Waals surface area (Å²) in [4.78, 5) is 27.0. The highest BCUT2D eigenvalue weighted by Crippen LogP contribution is 2.29. The Hall–Kier alpha value is -2.50. The van der Waals surface area contributed by atoms with Crippen LogP contribution < -0.4 is 5.32 Å². The van der Waals surface area contributed by atoms with Crippen LogP contribution in [-0.4, -0.2) is 44.3 Å². The van der Waals surface area contributed by atoms with Gasteiger partial charge in [-0.05, 0) is 60.0 Å². The Bertz CT molecular complexity index is 1310. The molecule has 1 amide bonds. The molecule has 0 bridgehead atoms. The molecule has 1 aromatic carbocycles. The van der Waals surface area contributed by atoms with E-state index in [2.05, 4.69) is 5.32 Å². The molecule has 0 atom stereocenters. The van der Waals surface area contributed by atoms with E-state index in [9.17, 15) is 18.0 Å². The standard InChI is InChI=1S/C24H23ClN2O5S3/c25-20-9-8-18(35(30,31)27-10-2-1-3-11-27)15-21(20)26-23(28)16-32-24(29)19(22-7-5-13-34-22)14-17-6-4-12-33-17/h4-9,12-15H,1-3,10-11,16H2,(H,26,28). The van der Waals surface area contributed by atoms with Crippen molar-refractivity contribution in [2.75, 3.05) is 25.0 Å². The van der Waals surface area contributed by atoms with Gasteiger partial charge in [0, 0.05) is 22.8 Å². The fraction of sp³-hybridized carbons (Fsp3) is 0.250. The Kier molecular flexibility index (Phi) is 8.40. The number of carbonyl (C=O) groups is 2. The van der Waals surface area contributed by atoms with E-state index in [1.54, 1.807) is 12.1 Å². The number of piperidine rings is 1. The summed E-state index contributed by atoms with van der Waals surface area (Å²) in [6.45, 7) is 0.383. The minimum absolute atomic E-state index is 0.0509. The second kappa shape index (κ2) is 11.5. The number of halogens is 1. The molecule has 0 saturated carbocycles. The predicted octanol–water partition coefficient (Wildman–Crippen LogP) is 5.36. The van der Waals surface area contributed by atoms with Crippen LogP contribution in [0.15, 0.2) is 58.1 Å². The first-order valence-electron chi connectivity index (χ1n) is 10.9. The van der Waals surface area contributed by atoms with Crippen LogP contribution in [0, 0.1) is 0 Å². The quantitative estimate of drug-likeness (QED) is 0.301. The maximum Gasteiger partial charge on any atom is 0.340 e. The van der Waals surface area contributed by atoms with Crippen LogP contribution in [0.3, 0.4) is 0 Å². The minimum atomic E-state index is -3.69. The van der Waals surface area contributed by atoms with E-state index in [4.69, 9.17) is 16.3 Å². The number of amides is 1. The van der Waals surface area contributed by atoms with Gasteiger partial charge in [-0.2, -0.15) is 4.31 Å². The van der Waals surface area contributed by atoms with Gasteiger partial charge in [-0.1, -0.05) is 30.2 Å². The van der Waals surface area contributed by atoms with Crippen molar-refractivity contribution in [1.82, 2.24) is 4.31 Å². The molecule has 1 saturated heterocycles. The highest BCUT2D eigenvalue weighted by molar-refractivity contribution is 7.89. The zero-order valence-electron chi connectivity index (χ0n) is 18.6. The average molecular weight is 551 g/mol. The SMILES string of the molecule is O=C(COC(=O)C(=Cc1cccs1)c1cccs1)Nc1cc(S(=O)(=O)N2CCCCC2)ccc1Cl. The molecule has 7 nitrogen and oxygen atoms in total. The summed E-state index contributed by atoms with van der Waals surface area (Å²) in [5.41, 5.74) is 0.487. The Balaban J connectivity index is 1.44. The molecular formula is C24H23ClN2O5S3. The molecule has 184 valence electrons. The number of anilines is 1. The molecule has 3 heterocycles. The summed E-state index contributed by atoms with van der Waals surface area (Å²) < 4.78 is 32.6. The lowest BCUT2D eigenvalue weighted by atomic mass is 10.2. The summed E-state index contributed by atoms with van der Waals surface area (Å²) in [6.07, 6.45) is 4.36. The van der Waals surface area contributed by atoms with Crippen molar-refractivity contribution in [1.29, 1.82) is 0 Å². The molecule has 1 fully saturated rings. The fourth-order valence-electron chi connectivity index (χ4n) is 3.59. The fourth-order valence-corrected chi connectivity index (χ4v) is 6.68. The van der Waals surface area contributed by atoms with Crippen LogP contribution in [0.1, 0.15) is 29.0 Å². The van der Waals surface area contributed by atoms with E-state index in [0.29, 0.717) is 18.7 Å². The number of rotatable bonds is 8. The number of nitrogens with zero attached hydrogens (tertiary/aromatic N) is 1. The van der Waals surface area contributed by atoms with E-state index in [-0.39, 0.29) is 15.6 Å². The summed E-state index contributed by atoms with van der Waals surface area (Å²) in [7, 11) is -3.69. The van der Waals surface area contributed by atoms with E-state index in [1.165, 1.54) is 45.2 Å². The van der Waals surface area contributed by atoms with Gasteiger partial charge in [0.25, 0.3) is 5.91 Å². The zero-order valence-corrected chi connectivity index (χ0v) is 21.8. The van der Waals surface area contributed by atoms with Gasteiger partial charge in [0.05, 0.1) is 21.2 Å². The molecule has 4 rings (SSSR count). The van der Waals surface area contributed by atoms with Crippen LogP contribution >= 0.6 is 34.3 Å². The lowest BCUT2D eigenvalue weighted by molar-refractivity contribution is -0.141. The molecule has 35 heavy (non-hydrogen) atoms. The second-order valence-corrected chi connectivity index (χ2v) is 12.1. The number of ether oxygens (including phenoxy) is 1. The number of hydrogen-bond acceptors (Lipinski definition) is 7. The number of benzene rings is 1. The first kappa shape index (κ1) is 25.6. The molecule has 0 radical (unpaired) electrons. The third-order valence-electron chi connectivity index (χ3n) is 5.34. The molecule has 0 unspecified atom stereocenters. The lowest BCUT2D eigenvalue weighted by Crippen LogP contribution is -2.35. The van der Waals surface area contributed by atoms with Gasteiger partial charge in [-0.25, -0.2) is 13.2 Å². The first-order chi connectivity index (χ1) is 16.8. The van der Waals surface area contributed by atoms with Gasteiger partial charge < -0.3 is 10.1 Å². The number of thiophene rings is 2. The summed E-state index contributed by atoms with van der Waals surface area (Å²) in [6, 6.07) is 11.6.